The summed E-state index contributed by atoms with van der Waals surface area (Å²) in [5, 5.41) is 1.55. The van der Waals surface area contributed by atoms with Crippen LogP contribution in [0.3, 0.4) is 0 Å². The zero-order chi connectivity index (χ0) is 8.97. The van der Waals surface area contributed by atoms with Crippen LogP contribution in [-0.4, -0.2) is 27.6 Å². The molecule has 0 aliphatic rings. The third kappa shape index (κ3) is 2.19. The summed E-state index contributed by atoms with van der Waals surface area (Å²) in [6.45, 7) is 2.28. The van der Waals surface area contributed by atoms with Crippen molar-refractivity contribution in [3.05, 3.63) is 30.3 Å². The van der Waals surface area contributed by atoms with Gasteiger partial charge in [-0.15, -0.1) is 0 Å². The first-order chi connectivity index (χ1) is 5.75. The lowest BCUT2D eigenvalue weighted by Gasteiger charge is -2.21. The Kier molecular flexibility index (Phi) is 3.50. The first-order valence-electron chi connectivity index (χ1n) is 4.47. The first-order valence-corrected chi connectivity index (χ1v) is 6.38. The molecule has 0 radical (unpaired) electrons. The monoisotopic (exact) mass is 179 g/mol. The number of hydrogen-bond acceptors (Lipinski definition) is 1. The van der Waals surface area contributed by atoms with Gasteiger partial charge in [-0.05, 0) is 25.3 Å². The van der Waals surface area contributed by atoms with E-state index in [9.17, 15) is 0 Å². The Morgan fingerprint density at radius 1 is 1.17 bits per heavy atom. The number of benzene rings is 1. The van der Waals surface area contributed by atoms with Gasteiger partial charge in [-0.25, -0.2) is 0 Å². The van der Waals surface area contributed by atoms with Crippen LogP contribution in [0.5, 0.6) is 0 Å². The number of rotatable bonds is 3. The summed E-state index contributed by atoms with van der Waals surface area (Å²) in [6, 6.07) is 12.2. The lowest BCUT2D eigenvalue weighted by Crippen LogP contribution is -2.43. The Hall–Kier alpha value is -0.603. The van der Waals surface area contributed by atoms with Crippen LogP contribution < -0.4 is 5.19 Å². The van der Waals surface area contributed by atoms with Crippen LogP contribution in [0.2, 0.25) is 6.04 Å². The summed E-state index contributed by atoms with van der Waals surface area (Å²) >= 11 is 0. The average molecular weight is 179 g/mol. The van der Waals surface area contributed by atoms with Crippen molar-refractivity contribution >= 4 is 14.1 Å². The molecule has 0 N–H and O–H groups in total. The van der Waals surface area contributed by atoms with Crippen LogP contribution in [-0.2, 0) is 0 Å². The van der Waals surface area contributed by atoms with Crippen molar-refractivity contribution in [3.63, 3.8) is 0 Å². The molecule has 0 aliphatic heterocycles. The zero-order valence-corrected chi connectivity index (χ0v) is 9.27. The zero-order valence-electron chi connectivity index (χ0n) is 8.12. The molecule has 0 amide bonds. The van der Waals surface area contributed by atoms with Gasteiger partial charge in [0.2, 0.25) is 0 Å². The maximum atomic E-state index is 2.40. The molecule has 0 saturated heterocycles. The van der Waals surface area contributed by atoms with Gasteiger partial charge in [-0.1, -0.05) is 37.3 Å². The number of hydrogen-bond donors (Lipinski definition) is 0. The molecule has 12 heavy (non-hydrogen) atoms. The predicted molar refractivity (Wildman–Crippen MR) is 57.4 cm³/mol. The van der Waals surface area contributed by atoms with E-state index >= 15 is 0 Å². The van der Waals surface area contributed by atoms with Gasteiger partial charge in [0.15, 0.2) is 0 Å². The normalized spacial score (nSPS) is 13.3. The maximum Gasteiger partial charge on any atom is 0.143 e. The lowest BCUT2D eigenvalue weighted by atomic mass is 10.4. The fourth-order valence-corrected chi connectivity index (χ4v) is 4.04. The third-order valence-corrected chi connectivity index (χ3v) is 5.37. The molecule has 0 spiro atoms. The molecule has 0 saturated carbocycles. The quantitative estimate of drug-likeness (QED) is 0.630. The molecule has 0 aromatic heterocycles. The largest absolute Gasteiger partial charge is 0.328 e. The summed E-state index contributed by atoms with van der Waals surface area (Å²) in [7, 11) is 3.56. The molecule has 0 aliphatic carbocycles. The van der Waals surface area contributed by atoms with Crippen molar-refractivity contribution in [3.8, 4) is 0 Å². The van der Waals surface area contributed by atoms with Gasteiger partial charge in [0, 0.05) is 0 Å². The standard InChI is InChI=1S/C10H17NSi/c1-4-12(11(2)3)10-8-6-5-7-9-10/h5-9,12H,4H2,1-3H3. The SMILES string of the molecule is CC[SiH](c1ccccc1)N(C)C. The highest BCUT2D eigenvalue weighted by molar-refractivity contribution is 6.70. The summed E-state index contributed by atoms with van der Waals surface area (Å²) in [5.74, 6) is 0. The molecule has 0 heterocycles. The van der Waals surface area contributed by atoms with Crippen LogP contribution in [0.1, 0.15) is 6.92 Å². The van der Waals surface area contributed by atoms with Crippen LogP contribution in [0.4, 0.5) is 0 Å². The summed E-state index contributed by atoms with van der Waals surface area (Å²) in [6.07, 6.45) is 0. The van der Waals surface area contributed by atoms with E-state index in [2.05, 4.69) is 55.9 Å². The average Bonchev–Trinajstić information content (AvgIpc) is 2.07. The molecule has 1 unspecified atom stereocenters. The summed E-state index contributed by atoms with van der Waals surface area (Å²) in [5.41, 5.74) is 0. The second-order valence-corrected chi connectivity index (χ2v) is 6.85. The Labute approximate surface area is 76.7 Å². The molecule has 66 valence electrons. The Morgan fingerprint density at radius 2 is 1.75 bits per heavy atom. The van der Waals surface area contributed by atoms with Crippen molar-refractivity contribution in [2.75, 3.05) is 14.1 Å². The van der Waals surface area contributed by atoms with E-state index in [0.29, 0.717) is 0 Å². The highest BCUT2D eigenvalue weighted by Gasteiger charge is 2.12. The van der Waals surface area contributed by atoms with Crippen LogP contribution in [0.15, 0.2) is 30.3 Å². The molecule has 1 aromatic carbocycles. The Balaban J connectivity index is 2.80. The molecule has 0 fully saturated rings. The van der Waals surface area contributed by atoms with Gasteiger partial charge in [0.25, 0.3) is 0 Å². The van der Waals surface area contributed by atoms with Gasteiger partial charge in [-0.2, -0.15) is 0 Å². The molecule has 1 nitrogen and oxygen atoms in total. The topological polar surface area (TPSA) is 3.24 Å². The molecule has 1 atom stereocenters. The molecule has 1 rings (SSSR count). The summed E-state index contributed by atoms with van der Waals surface area (Å²) < 4.78 is 2.40. The first kappa shape index (κ1) is 9.48. The Morgan fingerprint density at radius 3 is 2.17 bits per heavy atom. The molecule has 2 heteroatoms. The van der Waals surface area contributed by atoms with Crippen LogP contribution in [0.25, 0.3) is 0 Å². The van der Waals surface area contributed by atoms with Gasteiger partial charge in [0.05, 0.1) is 0 Å². The molecular formula is C10H17NSi. The molecule has 0 bridgehead atoms. The van der Waals surface area contributed by atoms with E-state index < -0.39 is 8.96 Å². The predicted octanol–water partition coefficient (Wildman–Crippen LogP) is 1.20. The van der Waals surface area contributed by atoms with Crippen LogP contribution >= 0.6 is 0 Å². The summed E-state index contributed by atoms with van der Waals surface area (Å²) in [4.78, 5) is 0. The minimum atomic E-state index is -0.811. The minimum Gasteiger partial charge on any atom is -0.328 e. The fraction of sp³-hybridized carbons (Fsp3) is 0.400. The van der Waals surface area contributed by atoms with Gasteiger partial charge in [0.1, 0.15) is 8.96 Å². The van der Waals surface area contributed by atoms with Crippen molar-refractivity contribution in [2.45, 2.75) is 13.0 Å². The van der Waals surface area contributed by atoms with Crippen molar-refractivity contribution in [1.29, 1.82) is 0 Å². The van der Waals surface area contributed by atoms with E-state index in [4.69, 9.17) is 0 Å². The van der Waals surface area contributed by atoms with E-state index in [1.807, 2.05) is 0 Å². The maximum absolute atomic E-state index is 2.40. The van der Waals surface area contributed by atoms with Gasteiger partial charge < -0.3 is 4.57 Å². The fourth-order valence-electron chi connectivity index (χ4n) is 1.57. The van der Waals surface area contributed by atoms with Crippen LogP contribution in [0, 0.1) is 0 Å². The van der Waals surface area contributed by atoms with Gasteiger partial charge in [-0.3, -0.25) is 0 Å². The van der Waals surface area contributed by atoms with Crippen molar-refractivity contribution < 1.29 is 0 Å². The van der Waals surface area contributed by atoms with Crippen molar-refractivity contribution in [2.24, 2.45) is 0 Å². The minimum absolute atomic E-state index is 0.811. The highest BCUT2D eigenvalue weighted by Crippen LogP contribution is 1.96. The highest BCUT2D eigenvalue weighted by atomic mass is 28.3. The lowest BCUT2D eigenvalue weighted by molar-refractivity contribution is 0.646. The van der Waals surface area contributed by atoms with Gasteiger partial charge >= 0.3 is 0 Å². The second kappa shape index (κ2) is 4.43. The third-order valence-electron chi connectivity index (χ3n) is 2.19. The van der Waals surface area contributed by atoms with E-state index in [1.54, 1.807) is 5.19 Å². The molecular weight excluding hydrogens is 162 g/mol. The number of nitrogens with zero attached hydrogens (tertiary/aromatic N) is 1. The van der Waals surface area contributed by atoms with E-state index in [1.165, 1.54) is 6.04 Å². The molecule has 1 aromatic rings. The smallest absolute Gasteiger partial charge is 0.143 e. The van der Waals surface area contributed by atoms with E-state index in [0.717, 1.165) is 0 Å². The second-order valence-electron chi connectivity index (χ2n) is 3.30. The Bertz CT molecular complexity index is 221. The van der Waals surface area contributed by atoms with Crippen molar-refractivity contribution in [1.82, 2.24) is 4.57 Å². The van der Waals surface area contributed by atoms with E-state index in [-0.39, 0.29) is 0 Å².